The van der Waals surface area contributed by atoms with Crippen LogP contribution >= 0.6 is 0 Å². The van der Waals surface area contributed by atoms with Crippen LogP contribution in [0.5, 0.6) is 0 Å². The molecule has 0 radical (unpaired) electrons. The first-order valence-corrected chi connectivity index (χ1v) is 19.7. The highest BCUT2D eigenvalue weighted by atomic mass is 16.3. The number of amidine groups is 2. The first-order valence-electron chi connectivity index (χ1n) is 19.7. The minimum atomic E-state index is -0.372. The van der Waals surface area contributed by atoms with Gasteiger partial charge in [0.2, 0.25) is 0 Å². The largest absolute Gasteiger partial charge is 0.453 e. The Bertz CT molecular complexity index is 3470. The lowest BCUT2D eigenvalue weighted by atomic mass is 10.0. The van der Waals surface area contributed by atoms with E-state index in [1.807, 2.05) is 12.1 Å². The molecule has 1 unspecified atom stereocenters. The molecule has 1 atom stereocenters. The van der Waals surface area contributed by atoms with Crippen LogP contribution in [0.3, 0.4) is 0 Å². The second kappa shape index (κ2) is 12.9. The summed E-state index contributed by atoms with van der Waals surface area (Å²) in [5, 5.41) is 12.7. The van der Waals surface area contributed by atoms with Gasteiger partial charge in [0.15, 0.2) is 11.4 Å². The number of nitrogens with one attached hydrogen (secondary N) is 1. The molecule has 9 aromatic carbocycles. The number of aliphatic imine (C=N–C) groups is 2. The molecule has 5 nitrogen and oxygen atoms in total. The third-order valence-electron chi connectivity index (χ3n) is 11.6. The van der Waals surface area contributed by atoms with Crippen LogP contribution in [-0.4, -0.2) is 16.2 Å². The molecule has 272 valence electrons. The molecule has 0 amide bonds. The van der Waals surface area contributed by atoms with E-state index in [0.717, 1.165) is 77.5 Å². The topological polar surface area (TPSA) is 54.8 Å². The molecule has 0 aliphatic carbocycles. The van der Waals surface area contributed by atoms with Gasteiger partial charge in [0.05, 0.1) is 11.0 Å². The van der Waals surface area contributed by atoms with Crippen LogP contribution in [0.15, 0.2) is 209 Å². The van der Waals surface area contributed by atoms with Crippen molar-refractivity contribution < 1.29 is 4.42 Å². The van der Waals surface area contributed by atoms with Gasteiger partial charge in [-0.15, -0.1) is 0 Å². The Kier molecular flexibility index (Phi) is 7.23. The van der Waals surface area contributed by atoms with Crippen LogP contribution in [0.25, 0.3) is 82.1 Å². The monoisotopic (exact) mass is 742 g/mol. The molecule has 0 bridgehead atoms. The van der Waals surface area contributed by atoms with Crippen molar-refractivity contribution in [3.05, 3.63) is 211 Å². The molecule has 0 saturated heterocycles. The SMILES string of the molecule is c1ccc(-c2ccc(C3=NC(c4ccc5c(oc6c7ccccc7ccc56)c4-n4c5ccccc5c5cc6ccccc6cc54)=NC(c4ccccc4)N3)cc2)cc1. The molecule has 58 heavy (non-hydrogen) atoms. The second-order valence-corrected chi connectivity index (χ2v) is 15.0. The standard InChI is InChI=1S/C53H34N4O/c1-3-13-33(14-4-1)34-23-25-37(26-24-34)52-54-51(36-16-5-2-6-17-36)55-53(56-52)44-30-29-43-42-28-27-35-15-9-10-20-40(35)49(42)58-50(43)48(44)57-46-22-12-11-21-41(46)45-31-38-18-7-8-19-39(38)32-47(45)57/h1-32,51H,(H,54,55,56). The number of fused-ring (bicyclic) bond motifs is 9. The third kappa shape index (κ3) is 5.10. The summed E-state index contributed by atoms with van der Waals surface area (Å²) >= 11 is 0. The van der Waals surface area contributed by atoms with E-state index in [2.05, 4.69) is 192 Å². The average Bonchev–Trinajstić information content (AvgIpc) is 3.84. The first-order chi connectivity index (χ1) is 28.7. The highest BCUT2D eigenvalue weighted by Crippen LogP contribution is 2.43. The molecule has 12 rings (SSSR count). The zero-order valence-electron chi connectivity index (χ0n) is 31.3. The minimum Gasteiger partial charge on any atom is -0.453 e. The van der Waals surface area contributed by atoms with Crippen LogP contribution in [0.4, 0.5) is 0 Å². The van der Waals surface area contributed by atoms with Crippen LogP contribution < -0.4 is 5.32 Å². The molecule has 5 heteroatoms. The van der Waals surface area contributed by atoms with E-state index in [9.17, 15) is 0 Å². The van der Waals surface area contributed by atoms with Gasteiger partial charge in [-0.05, 0) is 69.2 Å². The van der Waals surface area contributed by atoms with Gasteiger partial charge in [-0.1, -0.05) is 158 Å². The molecule has 0 saturated carbocycles. The van der Waals surface area contributed by atoms with Crippen molar-refractivity contribution in [2.45, 2.75) is 6.17 Å². The van der Waals surface area contributed by atoms with Crippen molar-refractivity contribution in [1.29, 1.82) is 0 Å². The lowest BCUT2D eigenvalue weighted by Crippen LogP contribution is -2.33. The maximum absolute atomic E-state index is 7.18. The molecule has 3 heterocycles. The summed E-state index contributed by atoms with van der Waals surface area (Å²) in [5.74, 6) is 1.39. The van der Waals surface area contributed by atoms with Crippen molar-refractivity contribution in [2.75, 3.05) is 0 Å². The molecular weight excluding hydrogens is 709 g/mol. The molecule has 1 aliphatic rings. The lowest BCUT2D eigenvalue weighted by molar-refractivity contribution is 0.668. The Morgan fingerprint density at radius 1 is 0.448 bits per heavy atom. The number of para-hydroxylation sites is 1. The number of nitrogens with zero attached hydrogens (tertiary/aromatic N) is 3. The fourth-order valence-electron chi connectivity index (χ4n) is 8.83. The molecule has 0 fully saturated rings. The first kappa shape index (κ1) is 32.5. The Morgan fingerprint density at radius 2 is 1.07 bits per heavy atom. The summed E-state index contributed by atoms with van der Waals surface area (Å²) in [6, 6.07) is 68.5. The van der Waals surface area contributed by atoms with Crippen molar-refractivity contribution in [3.8, 4) is 16.8 Å². The Balaban J connectivity index is 1.16. The van der Waals surface area contributed by atoms with E-state index >= 15 is 0 Å². The molecule has 0 spiro atoms. The summed E-state index contributed by atoms with van der Waals surface area (Å²) < 4.78 is 9.56. The fourth-order valence-corrected chi connectivity index (χ4v) is 8.83. The lowest BCUT2D eigenvalue weighted by Gasteiger charge is -2.25. The average molecular weight is 743 g/mol. The molecule has 1 N–H and O–H groups in total. The Hall–Kier alpha value is -7.76. The van der Waals surface area contributed by atoms with Gasteiger partial charge in [0, 0.05) is 38.1 Å². The van der Waals surface area contributed by atoms with Crippen molar-refractivity contribution in [2.24, 2.45) is 9.98 Å². The van der Waals surface area contributed by atoms with Gasteiger partial charge in [-0.25, -0.2) is 9.98 Å². The number of rotatable bonds is 5. The molecular formula is C53H34N4O. The maximum atomic E-state index is 7.18. The van der Waals surface area contributed by atoms with Gasteiger partial charge in [-0.3, -0.25) is 0 Å². The Labute approximate surface area is 333 Å². The maximum Gasteiger partial charge on any atom is 0.161 e. The highest BCUT2D eigenvalue weighted by Gasteiger charge is 2.27. The number of hydrogen-bond donors (Lipinski definition) is 1. The van der Waals surface area contributed by atoms with E-state index < -0.39 is 0 Å². The van der Waals surface area contributed by atoms with Crippen LogP contribution in [0.1, 0.15) is 22.9 Å². The highest BCUT2D eigenvalue weighted by molar-refractivity contribution is 6.22. The zero-order chi connectivity index (χ0) is 38.2. The van der Waals surface area contributed by atoms with Gasteiger partial charge < -0.3 is 14.3 Å². The minimum absolute atomic E-state index is 0.372. The Morgan fingerprint density at radius 3 is 1.88 bits per heavy atom. The van der Waals surface area contributed by atoms with E-state index in [-0.39, 0.29) is 6.17 Å². The zero-order valence-corrected chi connectivity index (χ0v) is 31.3. The summed E-state index contributed by atoms with van der Waals surface area (Å²) in [4.78, 5) is 10.8. The number of hydrogen-bond acceptors (Lipinski definition) is 4. The summed E-state index contributed by atoms with van der Waals surface area (Å²) in [6.45, 7) is 0. The number of aromatic nitrogens is 1. The molecule has 2 aromatic heterocycles. The predicted molar refractivity (Wildman–Crippen MR) is 240 cm³/mol. The van der Waals surface area contributed by atoms with Crippen molar-refractivity contribution >= 4 is 77.0 Å². The van der Waals surface area contributed by atoms with E-state index in [0.29, 0.717) is 5.84 Å². The number of furan rings is 1. The van der Waals surface area contributed by atoms with Crippen LogP contribution in [0, 0.1) is 0 Å². The smallest absolute Gasteiger partial charge is 0.161 e. The van der Waals surface area contributed by atoms with Crippen LogP contribution in [0.2, 0.25) is 0 Å². The van der Waals surface area contributed by atoms with E-state index in [1.165, 1.54) is 27.1 Å². The normalized spacial score (nSPS) is 14.4. The summed E-state index contributed by atoms with van der Waals surface area (Å²) in [5.41, 5.74) is 9.99. The van der Waals surface area contributed by atoms with Gasteiger partial charge >= 0.3 is 0 Å². The summed E-state index contributed by atoms with van der Waals surface area (Å²) in [7, 11) is 0. The van der Waals surface area contributed by atoms with Crippen molar-refractivity contribution in [1.82, 2.24) is 9.88 Å². The van der Waals surface area contributed by atoms with Gasteiger partial charge in [-0.2, -0.15) is 0 Å². The molecule has 1 aliphatic heterocycles. The number of benzene rings is 9. The summed E-state index contributed by atoms with van der Waals surface area (Å²) in [6.07, 6.45) is -0.372. The van der Waals surface area contributed by atoms with E-state index in [4.69, 9.17) is 14.4 Å². The van der Waals surface area contributed by atoms with Gasteiger partial charge in [0.25, 0.3) is 0 Å². The third-order valence-corrected chi connectivity index (χ3v) is 11.6. The van der Waals surface area contributed by atoms with Crippen LogP contribution in [-0.2, 0) is 0 Å². The van der Waals surface area contributed by atoms with E-state index in [1.54, 1.807) is 0 Å². The quantitative estimate of drug-likeness (QED) is 0.191. The second-order valence-electron chi connectivity index (χ2n) is 15.0. The molecule has 11 aromatic rings. The van der Waals surface area contributed by atoms with Gasteiger partial charge in [0.1, 0.15) is 23.3 Å². The fraction of sp³-hybridized carbons (Fsp3) is 0.0189. The van der Waals surface area contributed by atoms with Crippen molar-refractivity contribution in [3.63, 3.8) is 0 Å². The predicted octanol–water partition coefficient (Wildman–Crippen LogP) is 13.2.